The molecule has 39 heavy (non-hydrogen) atoms. The SMILES string of the molecule is C[C@H](NC(=O)[C@@H]1Cc2c([nH]c3ccccc23)[C@H]2c3ccccc3C(=O)N21)C(=O)NCc1ccc2c(c1)OCO2. The Morgan fingerprint density at radius 2 is 1.85 bits per heavy atom. The summed E-state index contributed by atoms with van der Waals surface area (Å²) in [7, 11) is 0. The van der Waals surface area contributed by atoms with Gasteiger partial charge < -0.3 is 30.0 Å². The van der Waals surface area contributed by atoms with Crippen molar-refractivity contribution in [1.82, 2.24) is 20.5 Å². The Hall–Kier alpha value is -4.79. The molecular formula is C30H26N4O5. The number of nitrogens with zero attached hydrogens (tertiary/aromatic N) is 1. The van der Waals surface area contributed by atoms with Crippen LogP contribution in [0.5, 0.6) is 11.5 Å². The van der Waals surface area contributed by atoms with Crippen molar-refractivity contribution >= 4 is 28.6 Å². The van der Waals surface area contributed by atoms with E-state index in [2.05, 4.69) is 15.6 Å². The summed E-state index contributed by atoms with van der Waals surface area (Å²) >= 11 is 0. The van der Waals surface area contributed by atoms with Crippen LogP contribution >= 0.6 is 0 Å². The van der Waals surface area contributed by atoms with E-state index < -0.39 is 18.1 Å². The summed E-state index contributed by atoms with van der Waals surface area (Å²) in [6.07, 6.45) is 0.354. The van der Waals surface area contributed by atoms with Gasteiger partial charge in [-0.2, -0.15) is 0 Å². The Balaban J connectivity index is 1.12. The number of rotatable bonds is 5. The van der Waals surface area contributed by atoms with Gasteiger partial charge in [-0.15, -0.1) is 0 Å². The lowest BCUT2D eigenvalue weighted by molar-refractivity contribution is -0.131. The maximum atomic E-state index is 13.7. The van der Waals surface area contributed by atoms with Gasteiger partial charge in [-0.05, 0) is 47.9 Å². The van der Waals surface area contributed by atoms with Crippen molar-refractivity contribution in [2.45, 2.75) is 38.0 Å². The van der Waals surface area contributed by atoms with Gasteiger partial charge in [0.1, 0.15) is 12.1 Å². The number of nitrogens with one attached hydrogen (secondary N) is 3. The summed E-state index contributed by atoms with van der Waals surface area (Å²) in [4.78, 5) is 45.3. The molecule has 7 rings (SSSR count). The fraction of sp³-hybridized carbons (Fsp3) is 0.233. The van der Waals surface area contributed by atoms with Crippen molar-refractivity contribution in [2.75, 3.05) is 6.79 Å². The Kier molecular flexibility index (Phi) is 5.33. The fourth-order valence-corrected chi connectivity index (χ4v) is 5.91. The quantitative estimate of drug-likeness (QED) is 0.373. The number of ether oxygens (including phenoxy) is 2. The van der Waals surface area contributed by atoms with E-state index in [4.69, 9.17) is 9.47 Å². The molecule has 9 nitrogen and oxygen atoms in total. The van der Waals surface area contributed by atoms with Gasteiger partial charge in [-0.3, -0.25) is 14.4 Å². The number of hydrogen-bond donors (Lipinski definition) is 3. The van der Waals surface area contributed by atoms with Crippen LogP contribution in [0.15, 0.2) is 66.7 Å². The number of fused-ring (bicyclic) bond motifs is 8. The second kappa shape index (κ2) is 8.90. The van der Waals surface area contributed by atoms with Gasteiger partial charge in [0.2, 0.25) is 18.6 Å². The number of carbonyl (C=O) groups excluding carboxylic acids is 3. The minimum atomic E-state index is -0.797. The van der Waals surface area contributed by atoms with E-state index in [1.807, 2.05) is 54.6 Å². The van der Waals surface area contributed by atoms with Crippen LogP contribution in [-0.4, -0.2) is 46.5 Å². The number of H-pyrrole nitrogens is 1. The highest BCUT2D eigenvalue weighted by molar-refractivity contribution is 6.04. The standard InChI is InChI=1S/C30H26N4O5/c1-16(28(35)31-14-17-10-11-24-25(12-17)39-15-38-24)32-29(36)23-13-21-18-6-4-5-9-22(18)33-26(21)27-19-7-2-3-8-20(19)30(37)34(23)27/h2-12,16,23,27,33H,13-15H2,1H3,(H,31,35)(H,32,36)/t16-,23-,27+/m0/s1. The highest BCUT2D eigenvalue weighted by atomic mass is 16.7. The minimum absolute atomic E-state index is 0.181. The van der Waals surface area contributed by atoms with Crippen molar-refractivity contribution < 1.29 is 23.9 Å². The first-order valence-electron chi connectivity index (χ1n) is 13.0. The van der Waals surface area contributed by atoms with Gasteiger partial charge in [-0.1, -0.05) is 42.5 Å². The Morgan fingerprint density at radius 1 is 1.05 bits per heavy atom. The van der Waals surface area contributed by atoms with Gasteiger partial charge in [0.15, 0.2) is 11.5 Å². The van der Waals surface area contributed by atoms with E-state index in [0.29, 0.717) is 23.5 Å². The fourth-order valence-electron chi connectivity index (χ4n) is 5.91. The van der Waals surface area contributed by atoms with E-state index in [1.54, 1.807) is 24.0 Å². The van der Waals surface area contributed by atoms with Crippen molar-refractivity contribution in [2.24, 2.45) is 0 Å². The normalized spacial score (nSPS) is 19.3. The number of aromatic amines is 1. The number of carbonyl (C=O) groups is 3. The summed E-state index contributed by atoms with van der Waals surface area (Å²) in [6.45, 7) is 2.10. The predicted molar refractivity (Wildman–Crippen MR) is 142 cm³/mol. The first-order valence-corrected chi connectivity index (χ1v) is 13.0. The van der Waals surface area contributed by atoms with Gasteiger partial charge in [0.05, 0.1) is 6.04 Å². The van der Waals surface area contributed by atoms with Crippen molar-refractivity contribution in [3.8, 4) is 11.5 Å². The molecule has 0 bridgehead atoms. The minimum Gasteiger partial charge on any atom is -0.454 e. The van der Waals surface area contributed by atoms with E-state index in [-0.39, 0.29) is 31.1 Å². The molecule has 1 aromatic heterocycles. The van der Waals surface area contributed by atoms with E-state index in [9.17, 15) is 14.4 Å². The molecule has 3 N–H and O–H groups in total. The molecule has 0 spiro atoms. The van der Waals surface area contributed by atoms with Crippen LogP contribution in [0.25, 0.3) is 10.9 Å². The third kappa shape index (κ3) is 3.72. The first kappa shape index (κ1) is 23.3. The molecule has 196 valence electrons. The largest absolute Gasteiger partial charge is 0.454 e. The van der Waals surface area contributed by atoms with E-state index in [0.717, 1.165) is 33.3 Å². The second-order valence-electron chi connectivity index (χ2n) is 10.1. The molecule has 0 saturated heterocycles. The van der Waals surface area contributed by atoms with Gasteiger partial charge in [0, 0.05) is 35.1 Å². The summed E-state index contributed by atoms with van der Waals surface area (Å²) in [6, 6.07) is 19.0. The molecule has 9 heteroatoms. The first-order chi connectivity index (χ1) is 19.0. The second-order valence-corrected chi connectivity index (χ2v) is 10.1. The van der Waals surface area contributed by atoms with Crippen LogP contribution < -0.4 is 20.1 Å². The van der Waals surface area contributed by atoms with E-state index in [1.165, 1.54) is 0 Å². The number of benzene rings is 3. The highest BCUT2D eigenvalue weighted by Gasteiger charge is 2.49. The summed E-state index contributed by atoms with van der Waals surface area (Å²) in [5, 5.41) is 6.76. The predicted octanol–water partition coefficient (Wildman–Crippen LogP) is 3.19. The van der Waals surface area contributed by atoms with E-state index >= 15 is 0 Å². The van der Waals surface area contributed by atoms with Crippen LogP contribution in [0.2, 0.25) is 0 Å². The molecule has 3 aliphatic heterocycles. The van der Waals surface area contributed by atoms with Crippen LogP contribution in [0, 0.1) is 0 Å². The number of para-hydroxylation sites is 1. The smallest absolute Gasteiger partial charge is 0.255 e. The van der Waals surface area contributed by atoms with Crippen LogP contribution in [-0.2, 0) is 22.6 Å². The molecule has 3 aliphatic rings. The highest BCUT2D eigenvalue weighted by Crippen LogP contribution is 2.46. The molecule has 3 aromatic carbocycles. The summed E-state index contributed by atoms with van der Waals surface area (Å²) in [5.74, 6) is 0.455. The maximum Gasteiger partial charge on any atom is 0.255 e. The molecule has 0 unspecified atom stereocenters. The zero-order chi connectivity index (χ0) is 26.7. The van der Waals surface area contributed by atoms with Crippen molar-refractivity contribution in [3.05, 3.63) is 94.7 Å². The Bertz CT molecular complexity index is 1660. The third-order valence-corrected chi connectivity index (χ3v) is 7.81. The molecule has 4 aromatic rings. The van der Waals surface area contributed by atoms with Gasteiger partial charge in [0.25, 0.3) is 5.91 Å². The van der Waals surface area contributed by atoms with Gasteiger partial charge >= 0.3 is 0 Å². The molecule has 0 fully saturated rings. The monoisotopic (exact) mass is 522 g/mol. The summed E-state index contributed by atoms with van der Waals surface area (Å²) < 4.78 is 10.7. The van der Waals surface area contributed by atoms with Gasteiger partial charge in [-0.25, -0.2) is 0 Å². The van der Waals surface area contributed by atoms with Crippen molar-refractivity contribution in [1.29, 1.82) is 0 Å². The Labute approximate surface area is 224 Å². The van der Waals surface area contributed by atoms with Crippen LogP contribution in [0.3, 0.4) is 0 Å². The number of aromatic nitrogens is 1. The number of hydrogen-bond acceptors (Lipinski definition) is 5. The summed E-state index contributed by atoms with van der Waals surface area (Å²) in [5.41, 5.74) is 5.26. The third-order valence-electron chi connectivity index (χ3n) is 7.81. The average molecular weight is 523 g/mol. The lowest BCUT2D eigenvalue weighted by atomic mass is 9.90. The average Bonchev–Trinajstić information content (AvgIpc) is 3.65. The zero-order valence-electron chi connectivity index (χ0n) is 21.2. The molecule has 0 aliphatic carbocycles. The van der Waals surface area contributed by atoms with Crippen molar-refractivity contribution in [3.63, 3.8) is 0 Å². The maximum absolute atomic E-state index is 13.7. The lowest BCUT2D eigenvalue weighted by Gasteiger charge is -2.37. The molecule has 0 radical (unpaired) electrons. The molecule has 3 amide bonds. The topological polar surface area (TPSA) is 113 Å². The number of amides is 3. The molecule has 4 heterocycles. The Morgan fingerprint density at radius 3 is 2.74 bits per heavy atom. The van der Waals surface area contributed by atoms with Crippen LogP contribution in [0.4, 0.5) is 0 Å². The molecular weight excluding hydrogens is 496 g/mol. The molecule has 3 atom stereocenters. The lowest BCUT2D eigenvalue weighted by Crippen LogP contribution is -2.55. The van der Waals surface area contributed by atoms with Crippen LogP contribution in [0.1, 0.15) is 45.7 Å². The molecule has 0 saturated carbocycles. The zero-order valence-corrected chi connectivity index (χ0v) is 21.2.